The zero-order chi connectivity index (χ0) is 24.7. The normalized spacial score (nSPS) is 11.4. The molecular weight excluding hydrogens is 450 g/mol. The summed E-state index contributed by atoms with van der Waals surface area (Å²) in [6.45, 7) is 7.75. The lowest BCUT2D eigenvalue weighted by Gasteiger charge is -2.25. The van der Waals surface area contributed by atoms with Crippen molar-refractivity contribution in [2.24, 2.45) is 5.10 Å². The molecule has 0 heterocycles. The predicted octanol–water partition coefficient (Wildman–Crippen LogP) is 4.36. The summed E-state index contributed by atoms with van der Waals surface area (Å²) in [5.74, 6) is -0.213. The van der Waals surface area contributed by atoms with Crippen LogP contribution in [0.25, 0.3) is 0 Å². The number of ether oxygens (including phenoxy) is 1. The van der Waals surface area contributed by atoms with Crippen LogP contribution in [-0.4, -0.2) is 33.7 Å². The summed E-state index contributed by atoms with van der Waals surface area (Å²) in [5.41, 5.74) is 7.00. The minimum absolute atomic E-state index is 0.0726. The van der Waals surface area contributed by atoms with E-state index in [4.69, 9.17) is 4.74 Å². The first-order valence-electron chi connectivity index (χ1n) is 10.9. The summed E-state index contributed by atoms with van der Waals surface area (Å²) < 4.78 is 33.6. The van der Waals surface area contributed by atoms with Crippen molar-refractivity contribution in [2.45, 2.75) is 32.6 Å². The molecule has 0 saturated heterocycles. The van der Waals surface area contributed by atoms with E-state index in [0.29, 0.717) is 12.4 Å². The van der Waals surface area contributed by atoms with Crippen LogP contribution in [0.15, 0.2) is 76.7 Å². The van der Waals surface area contributed by atoms with Crippen molar-refractivity contribution in [3.8, 4) is 5.75 Å². The molecule has 0 bridgehead atoms. The van der Waals surface area contributed by atoms with Crippen molar-refractivity contribution in [2.75, 3.05) is 17.5 Å². The van der Waals surface area contributed by atoms with E-state index < -0.39 is 22.5 Å². The van der Waals surface area contributed by atoms with Crippen LogP contribution in [0.4, 0.5) is 5.69 Å². The minimum Gasteiger partial charge on any atom is -0.492 e. The molecule has 0 spiro atoms. The van der Waals surface area contributed by atoms with E-state index in [0.717, 1.165) is 21.0 Å². The number of nitrogens with one attached hydrogen (secondary N) is 1. The van der Waals surface area contributed by atoms with Crippen LogP contribution in [-0.2, 0) is 14.8 Å². The molecule has 3 rings (SSSR count). The molecule has 0 aliphatic rings. The van der Waals surface area contributed by atoms with Gasteiger partial charge >= 0.3 is 0 Å². The summed E-state index contributed by atoms with van der Waals surface area (Å²) in [5, 5.41) is 4.06. The first kappa shape index (κ1) is 25.0. The molecule has 0 aromatic heterocycles. The van der Waals surface area contributed by atoms with Gasteiger partial charge in [-0.2, -0.15) is 5.10 Å². The van der Waals surface area contributed by atoms with Crippen LogP contribution < -0.4 is 14.5 Å². The standard InChI is InChI=1S/C26H29N3O4S/c1-5-33-25-14-10-9-13-24(25)29(34(31,32)23-11-7-6-8-12-23)18-26(30)28-27-17-22-16-15-19(2)20(3)21(22)4/h6-17H,5,18H2,1-4H3,(H,28,30)/b27-17+. The largest absolute Gasteiger partial charge is 0.492 e. The summed E-state index contributed by atoms with van der Waals surface area (Å²) in [4.78, 5) is 12.9. The fourth-order valence-corrected chi connectivity index (χ4v) is 4.87. The quantitative estimate of drug-likeness (QED) is 0.365. The third-order valence-corrected chi connectivity index (χ3v) is 7.32. The molecule has 0 fully saturated rings. The van der Waals surface area contributed by atoms with Gasteiger partial charge in [0, 0.05) is 0 Å². The number of benzene rings is 3. The van der Waals surface area contributed by atoms with Gasteiger partial charge in [-0.15, -0.1) is 0 Å². The third kappa shape index (κ3) is 5.63. The number of para-hydroxylation sites is 2. The number of hydrogen-bond acceptors (Lipinski definition) is 5. The number of nitrogens with zero attached hydrogens (tertiary/aromatic N) is 2. The van der Waals surface area contributed by atoms with E-state index >= 15 is 0 Å². The molecule has 1 amide bonds. The average molecular weight is 480 g/mol. The molecule has 0 aliphatic heterocycles. The minimum atomic E-state index is -4.04. The van der Waals surface area contributed by atoms with Gasteiger partial charge in [0.25, 0.3) is 15.9 Å². The molecule has 0 radical (unpaired) electrons. The molecule has 34 heavy (non-hydrogen) atoms. The van der Waals surface area contributed by atoms with Crippen LogP contribution in [0, 0.1) is 20.8 Å². The van der Waals surface area contributed by atoms with Crippen molar-refractivity contribution in [3.05, 3.63) is 89.0 Å². The van der Waals surface area contributed by atoms with Crippen LogP contribution >= 0.6 is 0 Å². The lowest BCUT2D eigenvalue weighted by molar-refractivity contribution is -0.119. The smallest absolute Gasteiger partial charge is 0.264 e. The number of aryl methyl sites for hydroxylation is 1. The average Bonchev–Trinajstić information content (AvgIpc) is 2.84. The van der Waals surface area contributed by atoms with Crippen molar-refractivity contribution in [1.82, 2.24) is 5.43 Å². The van der Waals surface area contributed by atoms with Crippen molar-refractivity contribution < 1.29 is 17.9 Å². The third-order valence-electron chi connectivity index (χ3n) is 5.55. The highest BCUT2D eigenvalue weighted by Crippen LogP contribution is 2.32. The number of carbonyl (C=O) groups excluding carboxylic acids is 1. The van der Waals surface area contributed by atoms with Crippen molar-refractivity contribution in [1.29, 1.82) is 0 Å². The summed E-state index contributed by atoms with van der Waals surface area (Å²) in [6, 6.07) is 18.6. The van der Waals surface area contributed by atoms with E-state index in [9.17, 15) is 13.2 Å². The number of sulfonamides is 1. The van der Waals surface area contributed by atoms with E-state index in [2.05, 4.69) is 10.5 Å². The molecule has 0 atom stereocenters. The molecule has 1 N–H and O–H groups in total. The second-order valence-corrected chi connectivity index (χ2v) is 9.60. The SMILES string of the molecule is CCOc1ccccc1N(CC(=O)N/N=C/c1ccc(C)c(C)c1C)S(=O)(=O)c1ccccc1. The van der Waals surface area contributed by atoms with E-state index in [1.165, 1.54) is 17.7 Å². The van der Waals surface area contributed by atoms with Crippen LogP contribution in [0.3, 0.4) is 0 Å². The van der Waals surface area contributed by atoms with Gasteiger partial charge in [0.05, 0.1) is 23.4 Å². The van der Waals surface area contributed by atoms with Gasteiger partial charge in [-0.1, -0.05) is 42.5 Å². The van der Waals surface area contributed by atoms with E-state index in [1.807, 2.05) is 39.8 Å². The number of carbonyl (C=O) groups is 1. The highest BCUT2D eigenvalue weighted by atomic mass is 32.2. The molecule has 0 unspecified atom stereocenters. The Labute approximate surface area is 201 Å². The fraction of sp³-hybridized carbons (Fsp3) is 0.231. The van der Waals surface area contributed by atoms with Gasteiger partial charge in [-0.3, -0.25) is 9.10 Å². The maximum Gasteiger partial charge on any atom is 0.264 e. The van der Waals surface area contributed by atoms with Gasteiger partial charge in [0.1, 0.15) is 12.3 Å². The first-order valence-corrected chi connectivity index (χ1v) is 12.4. The second kappa shape index (κ2) is 11.0. The Morgan fingerprint density at radius 3 is 2.35 bits per heavy atom. The Kier molecular flexibility index (Phi) is 8.07. The van der Waals surface area contributed by atoms with Crippen LogP contribution in [0.2, 0.25) is 0 Å². The molecule has 7 nitrogen and oxygen atoms in total. The van der Waals surface area contributed by atoms with Gasteiger partial charge in [-0.05, 0) is 74.2 Å². The number of hydrogen-bond donors (Lipinski definition) is 1. The highest BCUT2D eigenvalue weighted by molar-refractivity contribution is 7.92. The molecule has 3 aromatic rings. The molecule has 0 saturated carbocycles. The Bertz CT molecular complexity index is 1290. The Hall–Kier alpha value is -3.65. The fourth-order valence-electron chi connectivity index (χ4n) is 3.42. The first-order chi connectivity index (χ1) is 16.3. The molecular formula is C26H29N3O4S. The topological polar surface area (TPSA) is 88.1 Å². The predicted molar refractivity (Wildman–Crippen MR) is 135 cm³/mol. The van der Waals surface area contributed by atoms with Crippen LogP contribution in [0.5, 0.6) is 5.75 Å². The lowest BCUT2D eigenvalue weighted by atomic mass is 10.00. The number of rotatable bonds is 9. The van der Waals surface area contributed by atoms with Gasteiger partial charge in [0.15, 0.2) is 0 Å². The van der Waals surface area contributed by atoms with E-state index in [-0.39, 0.29) is 10.6 Å². The molecule has 3 aromatic carbocycles. The van der Waals surface area contributed by atoms with Gasteiger partial charge < -0.3 is 4.74 Å². The highest BCUT2D eigenvalue weighted by Gasteiger charge is 2.29. The number of anilines is 1. The summed E-state index contributed by atoms with van der Waals surface area (Å²) >= 11 is 0. The zero-order valence-corrected chi connectivity index (χ0v) is 20.6. The van der Waals surface area contributed by atoms with Gasteiger partial charge in [-0.25, -0.2) is 13.8 Å². The Morgan fingerprint density at radius 1 is 0.971 bits per heavy atom. The maximum atomic E-state index is 13.5. The van der Waals surface area contributed by atoms with Crippen LogP contribution in [0.1, 0.15) is 29.2 Å². The molecule has 8 heteroatoms. The molecule has 0 aliphatic carbocycles. The van der Waals surface area contributed by atoms with Gasteiger partial charge in [0.2, 0.25) is 0 Å². The Balaban J connectivity index is 1.89. The zero-order valence-electron chi connectivity index (χ0n) is 19.8. The van der Waals surface area contributed by atoms with Crippen molar-refractivity contribution in [3.63, 3.8) is 0 Å². The lowest BCUT2D eigenvalue weighted by Crippen LogP contribution is -2.39. The van der Waals surface area contributed by atoms with E-state index in [1.54, 1.807) is 48.7 Å². The summed E-state index contributed by atoms with van der Waals surface area (Å²) in [7, 11) is -4.04. The number of amides is 1. The Morgan fingerprint density at radius 2 is 1.65 bits per heavy atom. The van der Waals surface area contributed by atoms with Crippen molar-refractivity contribution >= 4 is 27.8 Å². The summed E-state index contributed by atoms with van der Waals surface area (Å²) in [6.07, 6.45) is 1.56. The maximum absolute atomic E-state index is 13.5. The molecule has 178 valence electrons. The number of hydrazone groups is 1. The second-order valence-electron chi connectivity index (χ2n) is 7.74. The monoisotopic (exact) mass is 479 g/mol.